The van der Waals surface area contributed by atoms with Crippen molar-refractivity contribution in [3.05, 3.63) is 47.4 Å². The molecule has 0 saturated carbocycles. The van der Waals surface area contributed by atoms with Gasteiger partial charge in [0.15, 0.2) is 0 Å². The van der Waals surface area contributed by atoms with E-state index in [9.17, 15) is 4.39 Å². The van der Waals surface area contributed by atoms with Gasteiger partial charge in [0.1, 0.15) is 11.6 Å². The van der Waals surface area contributed by atoms with Gasteiger partial charge in [-0.05, 0) is 35.9 Å². The summed E-state index contributed by atoms with van der Waals surface area (Å²) in [5.41, 5.74) is 6.91. The molecule has 0 spiro atoms. The molecule has 0 aliphatic rings. The van der Waals surface area contributed by atoms with Crippen LogP contribution in [0.4, 0.5) is 10.2 Å². The van der Waals surface area contributed by atoms with Crippen LogP contribution in [0.1, 0.15) is 0 Å². The smallest absolute Gasteiger partial charge is 0.123 e. The molecule has 0 saturated heterocycles. The maximum Gasteiger partial charge on any atom is 0.123 e. The molecular weight excluding hydrogens is 215 g/mol. The van der Waals surface area contributed by atoms with Crippen molar-refractivity contribution < 1.29 is 4.39 Å². The summed E-state index contributed by atoms with van der Waals surface area (Å²) in [7, 11) is 0. The molecule has 0 radical (unpaired) electrons. The summed E-state index contributed by atoms with van der Waals surface area (Å²) < 4.78 is 13.0. The van der Waals surface area contributed by atoms with Crippen molar-refractivity contribution in [2.24, 2.45) is 0 Å². The summed E-state index contributed by atoms with van der Waals surface area (Å²) in [6, 6.07) is 7.59. The number of benzene rings is 1. The van der Waals surface area contributed by atoms with Gasteiger partial charge in [0.2, 0.25) is 0 Å². The van der Waals surface area contributed by atoms with Gasteiger partial charge in [-0.3, -0.25) is 0 Å². The summed E-state index contributed by atoms with van der Waals surface area (Å²) in [5, 5.41) is 0.488. The van der Waals surface area contributed by atoms with Crippen LogP contribution in [-0.2, 0) is 0 Å². The molecule has 0 aliphatic carbocycles. The van der Waals surface area contributed by atoms with E-state index in [0.29, 0.717) is 16.4 Å². The predicted octanol–water partition coefficient (Wildman–Crippen LogP) is 3.12. The van der Waals surface area contributed by atoms with Gasteiger partial charge in [0.25, 0.3) is 0 Å². The lowest BCUT2D eigenvalue weighted by molar-refractivity contribution is 0.628. The van der Waals surface area contributed by atoms with Crippen LogP contribution in [0.25, 0.3) is 11.1 Å². The van der Waals surface area contributed by atoms with E-state index in [1.807, 2.05) is 0 Å². The Bertz CT molecular complexity index is 500. The molecule has 2 aromatic rings. The number of nitrogen functional groups attached to an aromatic ring is 1. The summed E-state index contributed by atoms with van der Waals surface area (Å²) in [6.45, 7) is 0. The number of hydrogen-bond donors (Lipinski definition) is 1. The molecule has 2 nitrogen and oxygen atoms in total. The van der Waals surface area contributed by atoms with E-state index in [4.69, 9.17) is 17.3 Å². The molecule has 15 heavy (non-hydrogen) atoms. The Balaban J connectivity index is 2.58. The van der Waals surface area contributed by atoms with Gasteiger partial charge >= 0.3 is 0 Å². The van der Waals surface area contributed by atoms with Gasteiger partial charge in [-0.25, -0.2) is 9.37 Å². The lowest BCUT2D eigenvalue weighted by Gasteiger charge is -2.04. The fraction of sp³-hybridized carbons (Fsp3) is 0. The molecule has 0 aliphatic heterocycles. The molecular formula is C11H8ClFN2. The third-order valence-corrected chi connectivity index (χ3v) is 2.35. The quantitative estimate of drug-likeness (QED) is 0.805. The van der Waals surface area contributed by atoms with Gasteiger partial charge < -0.3 is 5.73 Å². The fourth-order valence-corrected chi connectivity index (χ4v) is 1.56. The van der Waals surface area contributed by atoms with Crippen LogP contribution in [0.3, 0.4) is 0 Å². The summed E-state index contributed by atoms with van der Waals surface area (Å²) >= 11 is 5.96. The van der Waals surface area contributed by atoms with Crippen LogP contribution in [0, 0.1) is 5.82 Å². The Morgan fingerprint density at radius 2 is 2.00 bits per heavy atom. The number of hydrogen-bond acceptors (Lipinski definition) is 2. The molecule has 2 rings (SSSR count). The second-order valence-corrected chi connectivity index (χ2v) is 3.50. The van der Waals surface area contributed by atoms with Crippen molar-refractivity contribution in [1.29, 1.82) is 0 Å². The second kappa shape index (κ2) is 3.87. The largest absolute Gasteiger partial charge is 0.384 e. The van der Waals surface area contributed by atoms with E-state index in [1.165, 1.54) is 18.2 Å². The first-order chi connectivity index (χ1) is 7.16. The zero-order chi connectivity index (χ0) is 10.8. The summed E-state index contributed by atoms with van der Waals surface area (Å²) in [6.07, 6.45) is 1.56. The zero-order valence-electron chi connectivity index (χ0n) is 7.74. The lowest BCUT2D eigenvalue weighted by Crippen LogP contribution is -1.90. The second-order valence-electron chi connectivity index (χ2n) is 3.09. The van der Waals surface area contributed by atoms with Crippen LogP contribution in [-0.4, -0.2) is 4.98 Å². The predicted molar refractivity (Wildman–Crippen MR) is 59.1 cm³/mol. The Morgan fingerprint density at radius 3 is 2.73 bits per heavy atom. The molecule has 76 valence electrons. The highest BCUT2D eigenvalue weighted by molar-refractivity contribution is 6.33. The maximum absolute atomic E-state index is 13.0. The average molecular weight is 223 g/mol. The lowest BCUT2D eigenvalue weighted by atomic mass is 10.1. The van der Waals surface area contributed by atoms with Gasteiger partial charge in [0.05, 0.1) is 0 Å². The normalized spacial score (nSPS) is 10.3. The molecule has 0 unspecified atom stereocenters. The van der Waals surface area contributed by atoms with Crippen LogP contribution in [0.5, 0.6) is 0 Å². The topological polar surface area (TPSA) is 38.9 Å². The summed E-state index contributed by atoms with van der Waals surface area (Å²) in [5.74, 6) is 0.0533. The first kappa shape index (κ1) is 9.93. The molecule has 0 bridgehead atoms. The summed E-state index contributed by atoms with van der Waals surface area (Å²) in [4.78, 5) is 3.86. The van der Waals surface area contributed by atoms with E-state index < -0.39 is 0 Å². The minimum atomic E-state index is -0.329. The fourth-order valence-electron chi connectivity index (χ4n) is 1.33. The highest BCUT2D eigenvalue weighted by Gasteiger charge is 2.05. The van der Waals surface area contributed by atoms with Crippen molar-refractivity contribution >= 4 is 17.4 Å². The van der Waals surface area contributed by atoms with E-state index in [1.54, 1.807) is 18.3 Å². The minimum absolute atomic E-state index is 0.329. The molecule has 4 heteroatoms. The number of pyridine rings is 1. The van der Waals surface area contributed by atoms with Gasteiger partial charge in [-0.15, -0.1) is 0 Å². The molecule has 1 aromatic carbocycles. The monoisotopic (exact) mass is 222 g/mol. The van der Waals surface area contributed by atoms with E-state index in [0.717, 1.165) is 5.56 Å². The average Bonchev–Trinajstić information content (AvgIpc) is 2.22. The number of aromatic nitrogens is 1. The number of rotatable bonds is 1. The first-order valence-electron chi connectivity index (χ1n) is 4.34. The van der Waals surface area contributed by atoms with Crippen LogP contribution < -0.4 is 5.73 Å². The number of anilines is 1. The van der Waals surface area contributed by atoms with Crippen molar-refractivity contribution in [1.82, 2.24) is 4.98 Å². The third kappa shape index (κ3) is 2.07. The van der Waals surface area contributed by atoms with Gasteiger partial charge in [0, 0.05) is 16.8 Å². The Morgan fingerprint density at radius 1 is 1.20 bits per heavy atom. The molecule has 0 fully saturated rings. The third-order valence-electron chi connectivity index (χ3n) is 2.02. The Labute approximate surface area is 91.5 Å². The molecule has 2 N–H and O–H groups in total. The SMILES string of the molecule is Nc1cc(-c2cc(F)ccc2Cl)ccn1. The van der Waals surface area contributed by atoms with Gasteiger partial charge in [-0.2, -0.15) is 0 Å². The van der Waals surface area contributed by atoms with Gasteiger partial charge in [-0.1, -0.05) is 11.6 Å². The Hall–Kier alpha value is -1.61. The maximum atomic E-state index is 13.0. The molecule has 0 atom stereocenters. The van der Waals surface area contributed by atoms with Crippen molar-refractivity contribution in [3.8, 4) is 11.1 Å². The van der Waals surface area contributed by atoms with Crippen molar-refractivity contribution in [3.63, 3.8) is 0 Å². The van der Waals surface area contributed by atoms with Crippen LogP contribution >= 0.6 is 11.6 Å². The van der Waals surface area contributed by atoms with Crippen molar-refractivity contribution in [2.45, 2.75) is 0 Å². The number of nitrogens with zero attached hydrogens (tertiary/aromatic N) is 1. The molecule has 0 amide bonds. The Kier molecular flexibility index (Phi) is 2.56. The highest BCUT2D eigenvalue weighted by atomic mass is 35.5. The zero-order valence-corrected chi connectivity index (χ0v) is 8.50. The minimum Gasteiger partial charge on any atom is -0.384 e. The standard InChI is InChI=1S/C11H8ClFN2/c12-10-2-1-8(13)6-9(10)7-3-4-15-11(14)5-7/h1-6H,(H2,14,15). The highest BCUT2D eigenvalue weighted by Crippen LogP contribution is 2.28. The number of nitrogens with two attached hydrogens (primary N) is 1. The van der Waals surface area contributed by atoms with E-state index in [2.05, 4.69) is 4.98 Å². The van der Waals surface area contributed by atoms with Crippen LogP contribution in [0.15, 0.2) is 36.5 Å². The molecule has 1 aromatic heterocycles. The van der Waals surface area contributed by atoms with Crippen LogP contribution in [0.2, 0.25) is 5.02 Å². The van der Waals surface area contributed by atoms with Crippen molar-refractivity contribution in [2.75, 3.05) is 5.73 Å². The molecule has 1 heterocycles. The van der Waals surface area contributed by atoms with E-state index >= 15 is 0 Å². The first-order valence-corrected chi connectivity index (χ1v) is 4.71. The number of halogens is 2. The van der Waals surface area contributed by atoms with E-state index in [-0.39, 0.29) is 5.82 Å².